The van der Waals surface area contributed by atoms with Crippen molar-refractivity contribution < 1.29 is 9.59 Å². The highest BCUT2D eigenvalue weighted by atomic mass is 32.1. The highest BCUT2D eigenvalue weighted by Crippen LogP contribution is 2.22. The minimum atomic E-state index is -0.521. The molecule has 0 bridgehead atoms. The Labute approximate surface area is 116 Å². The van der Waals surface area contributed by atoms with E-state index in [-0.39, 0.29) is 5.91 Å². The average molecular weight is 282 g/mol. The number of nitrogens with zero attached hydrogens (tertiary/aromatic N) is 1. The van der Waals surface area contributed by atoms with Crippen LogP contribution < -0.4 is 16.4 Å². The van der Waals surface area contributed by atoms with Crippen molar-refractivity contribution in [3.05, 3.63) is 17.0 Å². The Morgan fingerprint density at radius 2 is 2.42 bits per heavy atom. The van der Waals surface area contributed by atoms with Gasteiger partial charge in [-0.25, -0.2) is 0 Å². The molecule has 7 heteroatoms. The van der Waals surface area contributed by atoms with Gasteiger partial charge in [0, 0.05) is 25.7 Å². The third-order valence-corrected chi connectivity index (χ3v) is 4.00. The summed E-state index contributed by atoms with van der Waals surface area (Å²) in [5.41, 5.74) is 5.61. The molecule has 1 aromatic rings. The Morgan fingerprint density at radius 3 is 3.11 bits per heavy atom. The predicted octanol–water partition coefficient (Wildman–Crippen LogP) is 0.0792. The normalized spacial score (nSPS) is 20.2. The molecule has 0 radical (unpaired) electrons. The van der Waals surface area contributed by atoms with E-state index in [1.807, 2.05) is 0 Å². The number of nitrogens with two attached hydrogens (primary N) is 1. The molecule has 0 aromatic carbocycles. The quantitative estimate of drug-likeness (QED) is 0.730. The Morgan fingerprint density at radius 1 is 1.63 bits per heavy atom. The Kier molecular flexibility index (Phi) is 4.52. The molecule has 1 atom stereocenters. The van der Waals surface area contributed by atoms with Gasteiger partial charge in [0.05, 0.1) is 12.1 Å². The van der Waals surface area contributed by atoms with Crippen LogP contribution in [0, 0.1) is 0 Å². The molecular weight excluding hydrogens is 264 g/mol. The Hall–Kier alpha value is -1.44. The molecule has 104 valence electrons. The van der Waals surface area contributed by atoms with Crippen LogP contribution >= 0.6 is 11.3 Å². The second-order valence-corrected chi connectivity index (χ2v) is 5.52. The molecular formula is C12H18N4O2S. The maximum Gasteiger partial charge on any atom is 0.251 e. The Bertz CT molecular complexity index is 474. The van der Waals surface area contributed by atoms with Crippen molar-refractivity contribution in [1.82, 2.24) is 10.2 Å². The third kappa shape index (κ3) is 3.52. The number of carbonyl (C=O) groups is 2. The molecule has 2 amide bonds. The fraction of sp³-hybridized carbons (Fsp3) is 0.500. The molecule has 1 fully saturated rings. The van der Waals surface area contributed by atoms with E-state index in [0.29, 0.717) is 23.2 Å². The molecule has 1 aliphatic rings. The lowest BCUT2D eigenvalue weighted by Crippen LogP contribution is -2.52. The SMILES string of the molecule is C[C@@H]1CNCCN1CC(=O)Nc1sccc1C(N)=O. The standard InChI is InChI=1S/C12H18N4O2S/c1-8-6-14-3-4-16(8)7-10(17)15-12-9(11(13)18)2-5-19-12/h2,5,8,14H,3-4,6-7H2,1H3,(H2,13,18)(H,15,17)/t8-/m1/s1. The number of thiophene rings is 1. The zero-order valence-electron chi connectivity index (χ0n) is 10.8. The first-order chi connectivity index (χ1) is 9.08. The lowest BCUT2D eigenvalue weighted by molar-refractivity contribution is -0.118. The number of rotatable bonds is 4. The second kappa shape index (κ2) is 6.14. The lowest BCUT2D eigenvalue weighted by Gasteiger charge is -2.33. The van der Waals surface area contributed by atoms with Crippen molar-refractivity contribution in [2.75, 3.05) is 31.5 Å². The van der Waals surface area contributed by atoms with Crippen molar-refractivity contribution >= 4 is 28.2 Å². The predicted molar refractivity (Wildman–Crippen MR) is 75.4 cm³/mol. The number of amides is 2. The number of hydrogen-bond acceptors (Lipinski definition) is 5. The van der Waals surface area contributed by atoms with Crippen LogP contribution in [0.4, 0.5) is 5.00 Å². The van der Waals surface area contributed by atoms with E-state index in [0.717, 1.165) is 19.6 Å². The van der Waals surface area contributed by atoms with E-state index in [1.165, 1.54) is 11.3 Å². The maximum atomic E-state index is 12.0. The van der Waals surface area contributed by atoms with Gasteiger partial charge in [-0.1, -0.05) is 0 Å². The minimum Gasteiger partial charge on any atom is -0.366 e. The van der Waals surface area contributed by atoms with Crippen LogP contribution in [0.2, 0.25) is 0 Å². The molecule has 2 heterocycles. The number of primary amides is 1. The molecule has 1 saturated heterocycles. The smallest absolute Gasteiger partial charge is 0.251 e. The van der Waals surface area contributed by atoms with Gasteiger partial charge in [0.2, 0.25) is 5.91 Å². The van der Waals surface area contributed by atoms with Gasteiger partial charge in [-0.2, -0.15) is 0 Å². The molecule has 19 heavy (non-hydrogen) atoms. The summed E-state index contributed by atoms with van der Waals surface area (Å²) < 4.78 is 0. The van der Waals surface area contributed by atoms with Crippen molar-refractivity contribution in [3.63, 3.8) is 0 Å². The molecule has 0 aliphatic carbocycles. The number of hydrogen-bond donors (Lipinski definition) is 3. The van der Waals surface area contributed by atoms with E-state index in [9.17, 15) is 9.59 Å². The van der Waals surface area contributed by atoms with Crippen LogP contribution in [0.5, 0.6) is 0 Å². The van der Waals surface area contributed by atoms with Gasteiger partial charge in [0.1, 0.15) is 5.00 Å². The first-order valence-corrected chi connectivity index (χ1v) is 7.08. The van der Waals surface area contributed by atoms with Gasteiger partial charge >= 0.3 is 0 Å². The summed E-state index contributed by atoms with van der Waals surface area (Å²) in [6.45, 7) is 5.04. The Balaban J connectivity index is 1.93. The van der Waals surface area contributed by atoms with E-state index in [4.69, 9.17) is 5.73 Å². The van der Waals surface area contributed by atoms with E-state index in [1.54, 1.807) is 11.4 Å². The van der Waals surface area contributed by atoms with Crippen LogP contribution in [-0.4, -0.2) is 48.9 Å². The molecule has 6 nitrogen and oxygen atoms in total. The van der Waals surface area contributed by atoms with Gasteiger partial charge in [0.15, 0.2) is 0 Å². The van der Waals surface area contributed by atoms with Crippen molar-refractivity contribution in [2.45, 2.75) is 13.0 Å². The van der Waals surface area contributed by atoms with E-state index < -0.39 is 5.91 Å². The van der Waals surface area contributed by atoms with Gasteiger partial charge in [-0.05, 0) is 18.4 Å². The zero-order valence-corrected chi connectivity index (χ0v) is 11.6. The van der Waals surface area contributed by atoms with Crippen LogP contribution in [0.25, 0.3) is 0 Å². The molecule has 0 unspecified atom stereocenters. The summed E-state index contributed by atoms with van der Waals surface area (Å²) in [6, 6.07) is 1.95. The number of carbonyl (C=O) groups excluding carboxylic acids is 2. The fourth-order valence-electron chi connectivity index (χ4n) is 2.07. The first kappa shape index (κ1) is 14.0. The summed E-state index contributed by atoms with van der Waals surface area (Å²) in [5.74, 6) is -0.634. The fourth-order valence-corrected chi connectivity index (χ4v) is 2.88. The van der Waals surface area contributed by atoms with Crippen LogP contribution in [0.15, 0.2) is 11.4 Å². The van der Waals surface area contributed by atoms with Crippen molar-refractivity contribution in [1.29, 1.82) is 0 Å². The first-order valence-electron chi connectivity index (χ1n) is 6.20. The zero-order chi connectivity index (χ0) is 13.8. The maximum absolute atomic E-state index is 12.0. The van der Waals surface area contributed by atoms with Crippen molar-refractivity contribution in [2.24, 2.45) is 5.73 Å². The minimum absolute atomic E-state index is 0.112. The number of anilines is 1. The van der Waals surface area contributed by atoms with Crippen molar-refractivity contribution in [3.8, 4) is 0 Å². The van der Waals surface area contributed by atoms with E-state index >= 15 is 0 Å². The average Bonchev–Trinajstić information content (AvgIpc) is 2.80. The monoisotopic (exact) mass is 282 g/mol. The summed E-state index contributed by atoms with van der Waals surface area (Å²) in [7, 11) is 0. The molecule has 1 aromatic heterocycles. The third-order valence-electron chi connectivity index (χ3n) is 3.17. The second-order valence-electron chi connectivity index (χ2n) is 4.60. The van der Waals surface area contributed by atoms with Gasteiger partial charge < -0.3 is 16.4 Å². The molecule has 2 rings (SSSR count). The van der Waals surface area contributed by atoms with Gasteiger partial charge in [0.25, 0.3) is 5.91 Å². The summed E-state index contributed by atoms with van der Waals surface area (Å²) >= 11 is 1.31. The van der Waals surface area contributed by atoms with Gasteiger partial charge in [-0.3, -0.25) is 14.5 Å². The highest BCUT2D eigenvalue weighted by Gasteiger charge is 2.21. The summed E-state index contributed by atoms with van der Waals surface area (Å²) in [4.78, 5) is 25.3. The van der Waals surface area contributed by atoms with Gasteiger partial charge in [-0.15, -0.1) is 11.3 Å². The molecule has 0 saturated carbocycles. The van der Waals surface area contributed by atoms with Crippen LogP contribution in [-0.2, 0) is 4.79 Å². The topological polar surface area (TPSA) is 87.5 Å². The summed E-state index contributed by atoms with van der Waals surface area (Å²) in [5, 5.41) is 8.30. The largest absolute Gasteiger partial charge is 0.366 e. The number of nitrogens with one attached hydrogen (secondary N) is 2. The highest BCUT2D eigenvalue weighted by molar-refractivity contribution is 7.14. The number of piperazine rings is 1. The van der Waals surface area contributed by atoms with Crippen LogP contribution in [0.1, 0.15) is 17.3 Å². The van der Waals surface area contributed by atoms with E-state index in [2.05, 4.69) is 22.5 Å². The molecule has 0 spiro atoms. The van der Waals surface area contributed by atoms with Crippen LogP contribution in [0.3, 0.4) is 0 Å². The molecule has 1 aliphatic heterocycles. The lowest BCUT2D eigenvalue weighted by atomic mass is 10.2. The molecule has 4 N–H and O–H groups in total. The summed E-state index contributed by atoms with van der Waals surface area (Å²) in [6.07, 6.45) is 0.